The minimum atomic E-state index is 1.17. The number of hydrogen-bond acceptors (Lipinski definition) is 0. The molecule has 0 spiro atoms. The van der Waals surface area contributed by atoms with Crippen LogP contribution in [-0.4, -0.2) is 10.2 Å². The smallest absolute Gasteiger partial charge is 0.0533 e. The fourth-order valence-corrected chi connectivity index (χ4v) is 1.86. The summed E-state index contributed by atoms with van der Waals surface area (Å²) < 4.78 is 2.52. The van der Waals surface area contributed by atoms with Gasteiger partial charge in [0.15, 0.2) is 0 Å². The van der Waals surface area contributed by atoms with E-state index in [2.05, 4.69) is 73.6 Å². The van der Waals surface area contributed by atoms with Gasteiger partial charge in [-0.05, 0) is 63.4 Å². The maximum absolute atomic E-state index is 3.48. The molecule has 0 amide bonds. The van der Waals surface area contributed by atoms with Crippen molar-refractivity contribution in [2.45, 2.75) is 0 Å². The Morgan fingerprint density at radius 3 is 2.33 bits per heavy atom. The Balaban J connectivity index is 3.17. The highest BCUT2D eigenvalue weighted by Gasteiger charge is 1.91. The van der Waals surface area contributed by atoms with Crippen molar-refractivity contribution in [2.75, 3.05) is 0 Å². The van der Waals surface area contributed by atoms with Gasteiger partial charge in [-0.1, -0.05) is 5.19 Å². The van der Waals surface area contributed by atoms with Crippen LogP contribution < -0.4 is 5.19 Å². The standard InChI is InChI=1S/C6H3I2Si/c7-4-1-2-5(8)6(9)3-4/h1-3H. The number of rotatable bonds is 0. The molecule has 3 heteroatoms. The zero-order chi connectivity index (χ0) is 6.85. The fourth-order valence-electron chi connectivity index (χ4n) is 0.497. The molecular formula is C6H3I2Si. The maximum atomic E-state index is 3.48. The summed E-state index contributed by atoms with van der Waals surface area (Å²) >= 11 is 4.58. The van der Waals surface area contributed by atoms with Crippen molar-refractivity contribution in [1.82, 2.24) is 0 Å². The van der Waals surface area contributed by atoms with Crippen LogP contribution in [0, 0.1) is 7.14 Å². The highest BCUT2D eigenvalue weighted by Crippen LogP contribution is 2.05. The van der Waals surface area contributed by atoms with Gasteiger partial charge >= 0.3 is 0 Å². The van der Waals surface area contributed by atoms with E-state index < -0.39 is 0 Å². The molecule has 0 aliphatic heterocycles. The van der Waals surface area contributed by atoms with E-state index in [1.165, 1.54) is 12.3 Å². The summed E-state index contributed by atoms with van der Waals surface area (Å²) in [4.78, 5) is 0. The zero-order valence-electron chi connectivity index (χ0n) is 4.49. The molecule has 0 bridgehead atoms. The SMILES string of the molecule is [Si]c1cc(I)ccc1I. The molecule has 45 valence electrons. The van der Waals surface area contributed by atoms with Gasteiger partial charge in [0.25, 0.3) is 0 Å². The van der Waals surface area contributed by atoms with Crippen molar-refractivity contribution in [1.29, 1.82) is 0 Å². The fraction of sp³-hybridized carbons (Fsp3) is 0. The first kappa shape index (κ1) is 8.00. The lowest BCUT2D eigenvalue weighted by atomic mass is 10.4. The largest absolute Gasteiger partial charge is 0.0727 e. The summed E-state index contributed by atoms with van der Waals surface area (Å²) in [5, 5.41) is 1.17. The van der Waals surface area contributed by atoms with Crippen LogP contribution in [0.2, 0.25) is 0 Å². The van der Waals surface area contributed by atoms with Gasteiger partial charge in [0.2, 0.25) is 0 Å². The van der Waals surface area contributed by atoms with Crippen LogP contribution in [0.4, 0.5) is 0 Å². The minimum Gasteiger partial charge on any atom is -0.0533 e. The molecule has 1 aromatic carbocycles. The normalized spacial score (nSPS) is 9.67. The summed E-state index contributed by atoms with van der Waals surface area (Å²) in [5.41, 5.74) is 0. The molecule has 9 heavy (non-hydrogen) atoms. The van der Waals surface area contributed by atoms with Crippen LogP contribution in [0.15, 0.2) is 18.2 Å². The molecule has 0 heterocycles. The average Bonchev–Trinajstić information content (AvgIpc) is 1.80. The summed E-state index contributed by atoms with van der Waals surface area (Å²) in [6, 6.07) is 6.27. The molecule has 0 saturated heterocycles. The predicted molar refractivity (Wildman–Crippen MR) is 57.3 cm³/mol. The Morgan fingerprint density at radius 2 is 1.89 bits per heavy atom. The second-order valence-electron chi connectivity index (χ2n) is 1.62. The van der Waals surface area contributed by atoms with Gasteiger partial charge in [-0.3, -0.25) is 0 Å². The van der Waals surface area contributed by atoms with Gasteiger partial charge in [0, 0.05) is 7.14 Å². The number of halogens is 2. The van der Waals surface area contributed by atoms with Gasteiger partial charge < -0.3 is 0 Å². The van der Waals surface area contributed by atoms with E-state index in [1.54, 1.807) is 0 Å². The van der Waals surface area contributed by atoms with Gasteiger partial charge in [-0.25, -0.2) is 0 Å². The summed E-state index contributed by atoms with van der Waals surface area (Å²) in [5.74, 6) is 0. The monoisotopic (exact) mass is 357 g/mol. The molecule has 1 rings (SSSR count). The lowest BCUT2D eigenvalue weighted by molar-refractivity contribution is 1.65. The van der Waals surface area contributed by atoms with E-state index in [4.69, 9.17) is 0 Å². The highest BCUT2D eigenvalue weighted by atomic mass is 127. The molecule has 0 N–H and O–H groups in total. The molecule has 0 aliphatic rings. The van der Waals surface area contributed by atoms with Crippen molar-refractivity contribution in [3.63, 3.8) is 0 Å². The third kappa shape index (κ3) is 2.19. The average molecular weight is 357 g/mol. The van der Waals surface area contributed by atoms with Crippen LogP contribution in [0.25, 0.3) is 0 Å². The van der Waals surface area contributed by atoms with E-state index >= 15 is 0 Å². The summed E-state index contributed by atoms with van der Waals surface area (Å²) in [6.45, 7) is 0. The highest BCUT2D eigenvalue weighted by molar-refractivity contribution is 14.1. The van der Waals surface area contributed by atoms with E-state index in [9.17, 15) is 0 Å². The van der Waals surface area contributed by atoms with E-state index in [0.717, 1.165) is 0 Å². The zero-order valence-corrected chi connectivity index (χ0v) is 9.80. The molecule has 0 atom stereocenters. The van der Waals surface area contributed by atoms with Crippen LogP contribution in [0.1, 0.15) is 0 Å². The predicted octanol–water partition coefficient (Wildman–Crippen LogP) is 1.69. The van der Waals surface area contributed by atoms with E-state index in [1.807, 2.05) is 0 Å². The summed E-state index contributed by atoms with van der Waals surface area (Å²) in [6.07, 6.45) is 0. The Kier molecular flexibility index (Phi) is 2.96. The van der Waals surface area contributed by atoms with Crippen LogP contribution in [-0.2, 0) is 0 Å². The first-order valence-electron chi connectivity index (χ1n) is 2.37. The minimum absolute atomic E-state index is 1.17. The summed E-state index contributed by atoms with van der Waals surface area (Å²) in [7, 11) is 3.48. The van der Waals surface area contributed by atoms with Crippen LogP contribution in [0.3, 0.4) is 0 Å². The Labute approximate surface area is 85.1 Å². The molecule has 0 fully saturated rings. The second-order valence-corrected chi connectivity index (χ2v) is 4.57. The Morgan fingerprint density at radius 1 is 1.22 bits per heavy atom. The Hall–Kier alpha value is 0.897. The van der Waals surface area contributed by atoms with Crippen molar-refractivity contribution < 1.29 is 0 Å². The lowest BCUT2D eigenvalue weighted by Crippen LogP contribution is -2.06. The van der Waals surface area contributed by atoms with Crippen LogP contribution in [0.5, 0.6) is 0 Å². The second kappa shape index (κ2) is 3.34. The molecule has 1 aromatic rings. The van der Waals surface area contributed by atoms with Gasteiger partial charge in [0.1, 0.15) is 0 Å². The lowest BCUT2D eigenvalue weighted by Gasteiger charge is -1.95. The van der Waals surface area contributed by atoms with Crippen LogP contribution >= 0.6 is 45.2 Å². The van der Waals surface area contributed by atoms with Crippen molar-refractivity contribution >= 4 is 60.6 Å². The Bertz CT molecular complexity index is 222. The molecular weight excluding hydrogens is 354 g/mol. The topological polar surface area (TPSA) is 0 Å². The van der Waals surface area contributed by atoms with E-state index in [0.29, 0.717) is 0 Å². The molecule has 0 aliphatic carbocycles. The number of hydrogen-bond donors (Lipinski definition) is 0. The first-order chi connectivity index (χ1) is 4.20. The van der Waals surface area contributed by atoms with Crippen molar-refractivity contribution in [3.05, 3.63) is 25.3 Å². The van der Waals surface area contributed by atoms with Crippen molar-refractivity contribution in [3.8, 4) is 0 Å². The maximum Gasteiger partial charge on any atom is 0.0727 e. The number of benzene rings is 1. The molecule has 0 aromatic heterocycles. The molecule has 3 radical (unpaired) electrons. The van der Waals surface area contributed by atoms with Gasteiger partial charge in [-0.15, -0.1) is 0 Å². The molecule has 0 saturated carbocycles. The van der Waals surface area contributed by atoms with Gasteiger partial charge in [-0.2, -0.15) is 0 Å². The molecule has 0 unspecified atom stereocenters. The van der Waals surface area contributed by atoms with Gasteiger partial charge in [0.05, 0.1) is 10.2 Å². The van der Waals surface area contributed by atoms with E-state index in [-0.39, 0.29) is 0 Å². The quantitative estimate of drug-likeness (QED) is 0.490. The van der Waals surface area contributed by atoms with Crippen molar-refractivity contribution in [2.24, 2.45) is 0 Å². The third-order valence-corrected chi connectivity index (χ3v) is 3.46. The first-order valence-corrected chi connectivity index (χ1v) is 5.02. The molecule has 0 nitrogen and oxygen atoms in total. The third-order valence-electron chi connectivity index (χ3n) is 0.928.